The predicted octanol–water partition coefficient (Wildman–Crippen LogP) is 1.34. The molecular formula is C10H18O4. The molecular weight excluding hydrogens is 184 g/mol. The lowest BCUT2D eigenvalue weighted by Crippen LogP contribution is -2.23. The van der Waals surface area contributed by atoms with Crippen molar-refractivity contribution in [2.75, 3.05) is 19.8 Å². The summed E-state index contributed by atoms with van der Waals surface area (Å²) in [6, 6.07) is 0. The van der Waals surface area contributed by atoms with Crippen molar-refractivity contribution >= 4 is 5.97 Å². The van der Waals surface area contributed by atoms with Crippen molar-refractivity contribution < 1.29 is 19.0 Å². The molecule has 82 valence electrons. The molecule has 0 aliphatic carbocycles. The first-order valence-corrected chi connectivity index (χ1v) is 5.16. The van der Waals surface area contributed by atoms with Gasteiger partial charge in [0.25, 0.3) is 0 Å². The van der Waals surface area contributed by atoms with E-state index in [9.17, 15) is 4.79 Å². The summed E-state index contributed by atoms with van der Waals surface area (Å²) in [5, 5.41) is 0. The minimum atomic E-state index is -0.218. The smallest absolute Gasteiger partial charge is 0.306 e. The highest BCUT2D eigenvalue weighted by Crippen LogP contribution is 2.25. The highest BCUT2D eigenvalue weighted by Gasteiger charge is 2.30. The minimum absolute atomic E-state index is 0.160. The Kier molecular flexibility index (Phi) is 4.90. The van der Waals surface area contributed by atoms with Crippen molar-refractivity contribution in [1.29, 1.82) is 0 Å². The van der Waals surface area contributed by atoms with Gasteiger partial charge in [-0.3, -0.25) is 4.79 Å². The fourth-order valence-corrected chi connectivity index (χ4v) is 1.59. The molecule has 1 saturated heterocycles. The van der Waals surface area contributed by atoms with Gasteiger partial charge in [-0.05, 0) is 20.3 Å². The molecule has 0 radical (unpaired) electrons. The minimum Gasteiger partial charge on any atom is -0.466 e. The van der Waals surface area contributed by atoms with E-state index < -0.39 is 0 Å². The molecule has 1 aliphatic heterocycles. The van der Waals surface area contributed by atoms with Gasteiger partial charge in [-0.2, -0.15) is 0 Å². The maximum Gasteiger partial charge on any atom is 0.306 e. The Labute approximate surface area is 84.5 Å². The van der Waals surface area contributed by atoms with Crippen molar-refractivity contribution in [2.24, 2.45) is 5.92 Å². The molecule has 14 heavy (non-hydrogen) atoms. The third-order valence-corrected chi connectivity index (χ3v) is 2.22. The van der Waals surface area contributed by atoms with Crippen molar-refractivity contribution in [2.45, 2.75) is 33.0 Å². The number of hydrogen-bond donors (Lipinski definition) is 0. The lowest BCUT2D eigenvalue weighted by atomic mass is 10.0. The molecule has 0 N–H and O–H groups in total. The molecule has 0 bridgehead atoms. The molecule has 0 aromatic heterocycles. The van der Waals surface area contributed by atoms with Gasteiger partial charge in [0.1, 0.15) is 0 Å². The van der Waals surface area contributed by atoms with Crippen LogP contribution < -0.4 is 0 Å². The molecule has 0 saturated carbocycles. The predicted molar refractivity (Wildman–Crippen MR) is 50.7 cm³/mol. The Bertz CT molecular complexity index is 181. The van der Waals surface area contributed by atoms with Crippen molar-refractivity contribution in [3.63, 3.8) is 0 Å². The average Bonchev–Trinajstić information content (AvgIpc) is 2.54. The van der Waals surface area contributed by atoms with Crippen LogP contribution in [0.4, 0.5) is 0 Å². The summed E-state index contributed by atoms with van der Waals surface area (Å²) < 4.78 is 15.6. The molecule has 2 atom stereocenters. The van der Waals surface area contributed by atoms with E-state index in [1.165, 1.54) is 0 Å². The molecule has 1 rings (SSSR count). The monoisotopic (exact) mass is 202 g/mol. The van der Waals surface area contributed by atoms with E-state index in [0.29, 0.717) is 26.2 Å². The van der Waals surface area contributed by atoms with Gasteiger partial charge in [-0.1, -0.05) is 0 Å². The fourth-order valence-electron chi connectivity index (χ4n) is 1.59. The van der Waals surface area contributed by atoms with Gasteiger partial charge in [0, 0.05) is 12.5 Å². The third-order valence-electron chi connectivity index (χ3n) is 2.22. The topological polar surface area (TPSA) is 44.8 Å². The maximum absolute atomic E-state index is 11.2. The normalized spacial score (nSPS) is 26.4. The molecule has 0 aromatic rings. The number of carbonyl (C=O) groups excluding carboxylic acids is 1. The van der Waals surface area contributed by atoms with Gasteiger partial charge < -0.3 is 14.2 Å². The van der Waals surface area contributed by atoms with Gasteiger partial charge in [-0.25, -0.2) is 0 Å². The lowest BCUT2D eigenvalue weighted by molar-refractivity contribution is -0.153. The van der Waals surface area contributed by atoms with Crippen LogP contribution in [0.25, 0.3) is 0 Å². The standard InChI is InChI=1S/C10H18O4/c1-3-12-9(11)7-8-5-6-14-10(8)13-4-2/h8,10H,3-7H2,1-2H3/t8-,10-/m0/s1. The van der Waals surface area contributed by atoms with Crippen molar-refractivity contribution in [3.05, 3.63) is 0 Å². The maximum atomic E-state index is 11.2. The summed E-state index contributed by atoms with van der Waals surface area (Å²) in [5.41, 5.74) is 0. The van der Waals surface area contributed by atoms with Gasteiger partial charge in [0.2, 0.25) is 0 Å². The van der Waals surface area contributed by atoms with E-state index in [0.717, 1.165) is 6.42 Å². The number of rotatable bonds is 5. The number of carbonyl (C=O) groups is 1. The van der Waals surface area contributed by atoms with Crippen molar-refractivity contribution in [1.82, 2.24) is 0 Å². The van der Waals surface area contributed by atoms with E-state index >= 15 is 0 Å². The average molecular weight is 202 g/mol. The van der Waals surface area contributed by atoms with Gasteiger partial charge >= 0.3 is 5.97 Å². The zero-order chi connectivity index (χ0) is 10.4. The first-order chi connectivity index (χ1) is 6.77. The first-order valence-electron chi connectivity index (χ1n) is 5.16. The lowest BCUT2D eigenvalue weighted by Gasteiger charge is -2.17. The molecule has 0 amide bonds. The molecule has 4 nitrogen and oxygen atoms in total. The van der Waals surface area contributed by atoms with Crippen LogP contribution in [0.1, 0.15) is 26.7 Å². The van der Waals surface area contributed by atoms with Gasteiger partial charge in [0.15, 0.2) is 6.29 Å². The molecule has 4 heteroatoms. The molecule has 0 spiro atoms. The molecule has 1 fully saturated rings. The SMILES string of the molecule is CCOC(=O)C[C@@H]1CCO[C@@H]1OCC. The summed E-state index contributed by atoms with van der Waals surface area (Å²) in [6.07, 6.45) is 1.06. The van der Waals surface area contributed by atoms with E-state index in [-0.39, 0.29) is 18.2 Å². The Balaban J connectivity index is 2.31. The first kappa shape index (κ1) is 11.5. The van der Waals surface area contributed by atoms with E-state index in [4.69, 9.17) is 14.2 Å². The second-order valence-electron chi connectivity index (χ2n) is 3.25. The molecule has 0 aromatic carbocycles. The summed E-state index contributed by atoms with van der Waals surface area (Å²) >= 11 is 0. The van der Waals surface area contributed by atoms with Gasteiger partial charge in [-0.15, -0.1) is 0 Å². The van der Waals surface area contributed by atoms with Crippen LogP contribution in [0.15, 0.2) is 0 Å². The van der Waals surface area contributed by atoms with Crippen molar-refractivity contribution in [3.8, 4) is 0 Å². The quantitative estimate of drug-likeness (QED) is 0.631. The van der Waals surface area contributed by atoms with Crippen LogP contribution in [0.5, 0.6) is 0 Å². The van der Waals surface area contributed by atoms with Crippen LogP contribution in [-0.4, -0.2) is 32.1 Å². The number of ether oxygens (including phenoxy) is 3. The zero-order valence-corrected chi connectivity index (χ0v) is 8.82. The fraction of sp³-hybridized carbons (Fsp3) is 0.900. The Morgan fingerprint density at radius 1 is 1.43 bits per heavy atom. The van der Waals surface area contributed by atoms with Crippen LogP contribution in [0.2, 0.25) is 0 Å². The number of esters is 1. The van der Waals surface area contributed by atoms with E-state index in [1.807, 2.05) is 13.8 Å². The van der Waals surface area contributed by atoms with Crippen LogP contribution >= 0.6 is 0 Å². The van der Waals surface area contributed by atoms with Gasteiger partial charge in [0.05, 0.1) is 19.6 Å². The summed E-state index contributed by atoms with van der Waals surface area (Å²) in [5.74, 6) is 0.00158. The molecule has 1 heterocycles. The highest BCUT2D eigenvalue weighted by atomic mass is 16.7. The second kappa shape index (κ2) is 5.98. The summed E-state index contributed by atoms with van der Waals surface area (Å²) in [6.45, 7) is 5.45. The Morgan fingerprint density at radius 3 is 2.86 bits per heavy atom. The number of hydrogen-bond acceptors (Lipinski definition) is 4. The Hall–Kier alpha value is -0.610. The summed E-state index contributed by atoms with van der Waals surface area (Å²) in [7, 11) is 0. The van der Waals surface area contributed by atoms with Crippen LogP contribution in [-0.2, 0) is 19.0 Å². The van der Waals surface area contributed by atoms with E-state index in [1.54, 1.807) is 0 Å². The molecule has 1 aliphatic rings. The highest BCUT2D eigenvalue weighted by molar-refractivity contribution is 5.69. The summed E-state index contributed by atoms with van der Waals surface area (Å²) in [4.78, 5) is 11.2. The third kappa shape index (κ3) is 3.27. The van der Waals surface area contributed by atoms with Crippen LogP contribution in [0, 0.1) is 5.92 Å². The van der Waals surface area contributed by atoms with E-state index in [2.05, 4.69) is 0 Å². The largest absolute Gasteiger partial charge is 0.466 e. The second-order valence-corrected chi connectivity index (χ2v) is 3.25. The molecule has 0 unspecified atom stereocenters. The van der Waals surface area contributed by atoms with Crippen LogP contribution in [0.3, 0.4) is 0 Å². The Morgan fingerprint density at radius 2 is 2.21 bits per heavy atom. The zero-order valence-electron chi connectivity index (χ0n) is 8.82.